The molecule has 0 bridgehead atoms. The number of hydrogen-bond acceptors (Lipinski definition) is 2. The van der Waals surface area contributed by atoms with Crippen molar-refractivity contribution >= 4 is 8.03 Å². The summed E-state index contributed by atoms with van der Waals surface area (Å²) < 4.78 is 16.7. The first-order valence-electron chi connectivity index (χ1n) is 5.85. The fourth-order valence-electron chi connectivity index (χ4n) is 1.37. The number of unbranched alkanes of at least 4 members (excludes halogenated alkanes) is 1. The molecule has 3 heteroatoms. The van der Waals surface area contributed by atoms with E-state index in [1.807, 2.05) is 0 Å². The van der Waals surface area contributed by atoms with E-state index in [2.05, 4.69) is 38.1 Å². The third-order valence-corrected chi connectivity index (χ3v) is 3.59. The van der Waals surface area contributed by atoms with Crippen LogP contribution in [-0.2, 0) is 15.5 Å². The van der Waals surface area contributed by atoms with Crippen LogP contribution >= 0.6 is 8.03 Å². The molecule has 0 aliphatic carbocycles. The molecule has 0 aromatic heterocycles. The van der Waals surface area contributed by atoms with Crippen molar-refractivity contribution in [2.75, 3.05) is 12.8 Å². The Balaban J connectivity index is 2.20. The maximum Gasteiger partial charge on any atom is 0.508 e. The Labute approximate surface area is 98.9 Å². The molecule has 0 N–H and O–H groups in total. The highest BCUT2D eigenvalue weighted by Gasteiger charge is 2.15. The van der Waals surface area contributed by atoms with Crippen molar-refractivity contribution in [1.29, 1.82) is 0 Å². The molecular weight excluding hydrogens is 219 g/mol. The minimum atomic E-state index is -1.44. The summed E-state index contributed by atoms with van der Waals surface area (Å²) in [4.78, 5) is 0. The average Bonchev–Trinajstić information content (AvgIpc) is 2.29. The zero-order valence-corrected chi connectivity index (χ0v) is 11.0. The highest BCUT2D eigenvalue weighted by molar-refractivity contribution is 7.39. The maximum absolute atomic E-state index is 11.4. The number of rotatable bonds is 7. The molecule has 0 aliphatic rings. The van der Waals surface area contributed by atoms with Crippen molar-refractivity contribution in [3.05, 3.63) is 35.4 Å². The molecule has 0 fully saturated rings. The molecule has 0 spiro atoms. The monoisotopic (exact) mass is 239 g/mol. The van der Waals surface area contributed by atoms with E-state index in [0.29, 0.717) is 12.8 Å². The second-order valence-corrected chi connectivity index (χ2v) is 5.35. The van der Waals surface area contributed by atoms with Crippen molar-refractivity contribution < 1.29 is 9.09 Å². The molecule has 1 rings (SSSR count). The lowest BCUT2D eigenvalue weighted by Crippen LogP contribution is -1.94. The molecule has 88 valence electrons. The third kappa shape index (κ3) is 5.39. The van der Waals surface area contributed by atoms with Gasteiger partial charge in [0.05, 0.1) is 0 Å². The molecule has 0 amide bonds. The largest absolute Gasteiger partial charge is 0.508 e. The molecule has 0 radical (unpaired) electrons. The molecule has 0 saturated heterocycles. The van der Waals surface area contributed by atoms with Gasteiger partial charge in [0.1, 0.15) is 6.61 Å². The highest BCUT2D eigenvalue weighted by atomic mass is 31.1. The first-order chi connectivity index (χ1) is 7.72. The van der Waals surface area contributed by atoms with Crippen LogP contribution in [0.5, 0.6) is 0 Å². The Morgan fingerprint density at radius 2 is 1.94 bits per heavy atom. The van der Waals surface area contributed by atoms with Gasteiger partial charge in [-0.25, -0.2) is 0 Å². The minimum Gasteiger partial charge on any atom is -0.146 e. The summed E-state index contributed by atoms with van der Waals surface area (Å²) in [5.74, 6) is 0. The van der Waals surface area contributed by atoms with Crippen LogP contribution in [0.25, 0.3) is 0 Å². The Morgan fingerprint density at radius 3 is 2.56 bits per heavy atom. The molecule has 1 aromatic rings. The molecule has 2 nitrogen and oxygen atoms in total. The summed E-state index contributed by atoms with van der Waals surface area (Å²) in [6.07, 6.45) is 3.59. The predicted octanol–water partition coefficient (Wildman–Crippen LogP) is 4.10. The van der Waals surface area contributed by atoms with Gasteiger partial charge in [0.15, 0.2) is 6.16 Å². The molecular formula is C13H20O2P+. The smallest absolute Gasteiger partial charge is 0.146 e. The lowest BCUT2D eigenvalue weighted by Gasteiger charge is -1.98. The van der Waals surface area contributed by atoms with Crippen molar-refractivity contribution in [3.8, 4) is 0 Å². The lowest BCUT2D eigenvalue weighted by atomic mass is 10.1. The SMILES string of the molecule is CCCC[P+](=O)OCCc1ccc(C)cc1. The van der Waals surface area contributed by atoms with Crippen molar-refractivity contribution in [2.24, 2.45) is 0 Å². The second kappa shape index (κ2) is 7.54. The van der Waals surface area contributed by atoms with Gasteiger partial charge in [-0.3, -0.25) is 0 Å². The van der Waals surface area contributed by atoms with Crippen molar-refractivity contribution in [1.82, 2.24) is 0 Å². The van der Waals surface area contributed by atoms with E-state index in [-0.39, 0.29) is 0 Å². The topological polar surface area (TPSA) is 26.3 Å². The molecule has 0 saturated carbocycles. The van der Waals surface area contributed by atoms with Crippen molar-refractivity contribution in [2.45, 2.75) is 33.1 Å². The fraction of sp³-hybridized carbons (Fsp3) is 0.538. The molecule has 1 atom stereocenters. The maximum atomic E-state index is 11.4. The van der Waals surface area contributed by atoms with Crippen molar-refractivity contribution in [3.63, 3.8) is 0 Å². The quantitative estimate of drug-likeness (QED) is 0.670. The van der Waals surface area contributed by atoms with Gasteiger partial charge in [0, 0.05) is 6.42 Å². The van der Waals surface area contributed by atoms with Crippen LogP contribution in [0.15, 0.2) is 24.3 Å². The number of benzene rings is 1. The van der Waals surface area contributed by atoms with Gasteiger partial charge in [0.2, 0.25) is 0 Å². The number of aryl methyl sites for hydroxylation is 1. The second-order valence-electron chi connectivity index (χ2n) is 3.98. The molecule has 0 heterocycles. The van der Waals surface area contributed by atoms with E-state index >= 15 is 0 Å². The van der Waals surface area contributed by atoms with Gasteiger partial charge in [-0.2, -0.15) is 0 Å². The van der Waals surface area contributed by atoms with Gasteiger partial charge < -0.3 is 0 Å². The molecule has 1 unspecified atom stereocenters. The standard InChI is InChI=1S/C13H20O2P/c1-3-4-11-16(14)15-10-9-13-7-5-12(2)6-8-13/h5-8H,3-4,9-11H2,1-2H3/q+1. The Hall–Kier alpha value is -0.720. The number of hydrogen-bond donors (Lipinski definition) is 0. The molecule has 16 heavy (non-hydrogen) atoms. The Bertz CT molecular complexity index is 319. The van der Waals surface area contributed by atoms with E-state index in [9.17, 15) is 4.57 Å². The normalized spacial score (nSPS) is 11.5. The highest BCUT2D eigenvalue weighted by Crippen LogP contribution is 2.23. The van der Waals surface area contributed by atoms with Gasteiger partial charge in [-0.15, -0.1) is 4.52 Å². The van der Waals surface area contributed by atoms with E-state index in [0.717, 1.165) is 19.3 Å². The Morgan fingerprint density at radius 1 is 1.25 bits per heavy atom. The molecule has 1 aromatic carbocycles. The van der Waals surface area contributed by atoms with Gasteiger partial charge in [-0.1, -0.05) is 43.2 Å². The van der Waals surface area contributed by atoms with Gasteiger partial charge >= 0.3 is 8.03 Å². The van der Waals surface area contributed by atoms with Crippen LogP contribution in [0.4, 0.5) is 0 Å². The van der Waals surface area contributed by atoms with Gasteiger partial charge in [0.25, 0.3) is 0 Å². The average molecular weight is 239 g/mol. The van der Waals surface area contributed by atoms with E-state index in [1.54, 1.807) is 0 Å². The zero-order valence-electron chi connectivity index (χ0n) is 10.1. The zero-order chi connectivity index (χ0) is 11.8. The third-order valence-electron chi connectivity index (χ3n) is 2.44. The van der Waals surface area contributed by atoms with Crippen LogP contribution in [0.3, 0.4) is 0 Å². The lowest BCUT2D eigenvalue weighted by molar-refractivity contribution is 0.332. The first kappa shape index (κ1) is 13.3. The minimum absolute atomic E-state index is 0.558. The summed E-state index contributed by atoms with van der Waals surface area (Å²) in [5, 5.41) is 0. The van der Waals surface area contributed by atoms with Crippen LogP contribution in [0.1, 0.15) is 30.9 Å². The van der Waals surface area contributed by atoms with Crippen LogP contribution in [0, 0.1) is 6.92 Å². The summed E-state index contributed by atoms with van der Waals surface area (Å²) >= 11 is 0. The fourth-order valence-corrected chi connectivity index (χ4v) is 2.37. The Kier molecular flexibility index (Phi) is 6.29. The summed E-state index contributed by atoms with van der Waals surface area (Å²) in [5.41, 5.74) is 2.50. The van der Waals surface area contributed by atoms with E-state index in [4.69, 9.17) is 4.52 Å². The predicted molar refractivity (Wildman–Crippen MR) is 68.2 cm³/mol. The van der Waals surface area contributed by atoms with Gasteiger partial charge in [-0.05, 0) is 23.5 Å². The van der Waals surface area contributed by atoms with Crippen LogP contribution < -0.4 is 0 Å². The van der Waals surface area contributed by atoms with E-state index in [1.165, 1.54) is 11.1 Å². The summed E-state index contributed by atoms with van der Waals surface area (Å²) in [6.45, 7) is 4.72. The summed E-state index contributed by atoms with van der Waals surface area (Å²) in [6, 6.07) is 8.37. The summed E-state index contributed by atoms with van der Waals surface area (Å²) in [7, 11) is -1.44. The first-order valence-corrected chi connectivity index (χ1v) is 7.21. The van der Waals surface area contributed by atoms with E-state index < -0.39 is 8.03 Å². The van der Waals surface area contributed by atoms with Crippen LogP contribution in [-0.4, -0.2) is 12.8 Å². The molecule has 0 aliphatic heterocycles. The van der Waals surface area contributed by atoms with Crippen LogP contribution in [0.2, 0.25) is 0 Å².